The lowest BCUT2D eigenvalue weighted by atomic mass is 10.2. The maximum Gasteiger partial charge on any atom is 0.330 e. The van der Waals surface area contributed by atoms with Crippen molar-refractivity contribution in [3.8, 4) is 9.85 Å². The number of hydrogen-bond donors (Lipinski definition) is 1. The van der Waals surface area contributed by atoms with Gasteiger partial charge in [-0.25, -0.2) is 4.79 Å². The Balaban J connectivity index is 2.35. The summed E-state index contributed by atoms with van der Waals surface area (Å²) in [5, 5.41) is 0. The van der Waals surface area contributed by atoms with Gasteiger partial charge in [0.1, 0.15) is 18.3 Å². The van der Waals surface area contributed by atoms with Gasteiger partial charge in [-0.1, -0.05) is 0 Å². The summed E-state index contributed by atoms with van der Waals surface area (Å²) in [6.07, 6.45) is -0.819. The van der Waals surface area contributed by atoms with Crippen LogP contribution in [0.5, 0.6) is 0 Å². The van der Waals surface area contributed by atoms with E-state index < -0.39 is 41.6 Å². The van der Waals surface area contributed by atoms with Gasteiger partial charge in [0, 0.05) is 49.1 Å². The summed E-state index contributed by atoms with van der Waals surface area (Å²) in [7, 11) is 0. The number of carbonyl (C=O) groups excluding carboxylic acids is 2. The molecule has 0 spiro atoms. The molecule has 3 atom stereocenters. The van der Waals surface area contributed by atoms with Crippen molar-refractivity contribution in [2.45, 2.75) is 38.7 Å². The molecule has 1 N–H and O–H groups in total. The Hall–Kier alpha value is -2.13. The van der Waals surface area contributed by atoms with Crippen molar-refractivity contribution in [1.29, 1.82) is 0 Å². The number of ether oxygens (including phenoxy) is 3. The van der Waals surface area contributed by atoms with Crippen LogP contribution < -0.4 is 11.2 Å². The van der Waals surface area contributed by atoms with Gasteiger partial charge in [-0.05, 0) is 9.85 Å². The number of rotatable bonds is 4. The molecule has 1 fully saturated rings. The maximum absolute atomic E-state index is 12.1. The van der Waals surface area contributed by atoms with E-state index in [1.807, 2.05) is 0 Å². The molecule has 134 valence electrons. The Labute approximate surface area is 155 Å². The molecule has 10 heteroatoms. The number of nitrogens with zero attached hydrogens (tertiary/aromatic N) is 1. The molecule has 0 bridgehead atoms. The lowest BCUT2D eigenvalue weighted by molar-refractivity contribution is -0.153. The molecule has 2 rings (SSSR count). The number of esters is 2. The fourth-order valence-electron chi connectivity index (χ4n) is 2.41. The summed E-state index contributed by atoms with van der Waals surface area (Å²) in [5.41, 5.74) is -1.27. The van der Waals surface area contributed by atoms with E-state index in [-0.39, 0.29) is 18.6 Å². The van der Waals surface area contributed by atoms with Crippen LogP contribution in [-0.4, -0.2) is 40.3 Å². The van der Waals surface area contributed by atoms with Crippen molar-refractivity contribution < 1.29 is 23.8 Å². The Morgan fingerprint density at radius 1 is 1.40 bits per heavy atom. The maximum atomic E-state index is 12.1. The van der Waals surface area contributed by atoms with Gasteiger partial charge >= 0.3 is 17.6 Å². The zero-order valence-corrected chi connectivity index (χ0v) is 15.6. The highest BCUT2D eigenvalue weighted by Crippen LogP contribution is 2.30. The van der Waals surface area contributed by atoms with Crippen LogP contribution in [0.1, 0.15) is 32.1 Å². The minimum atomic E-state index is -0.969. The topological polar surface area (TPSA) is 117 Å². The monoisotopic (exact) mass is 462 g/mol. The Bertz CT molecular complexity index is 848. The molecule has 1 aliphatic heterocycles. The molecular formula is C15H15IN2O7. The lowest BCUT2D eigenvalue weighted by Crippen LogP contribution is -2.37. The SMILES string of the molecule is CC(=O)OC[C@H]1CC(OC(C)=O)[C@@H](n2cc(C#CI)c(=O)[nH]c2=O)O1. The molecule has 2 heterocycles. The molecule has 1 unspecified atom stereocenters. The highest BCUT2D eigenvalue weighted by Gasteiger charge is 2.40. The highest BCUT2D eigenvalue weighted by atomic mass is 127. The van der Waals surface area contributed by atoms with E-state index in [0.29, 0.717) is 0 Å². The largest absolute Gasteiger partial charge is 0.463 e. The van der Waals surface area contributed by atoms with Crippen molar-refractivity contribution in [3.05, 3.63) is 32.6 Å². The standard InChI is InChI=1S/C15H15IN2O7/c1-8(19)23-7-11-5-12(24-9(2)20)14(25-11)18-6-10(3-4-16)13(21)17-15(18)22/h6,11-12,14H,5,7H2,1-2H3,(H,17,21,22)/t11-,12?,14+/m1/s1. The fourth-order valence-corrected chi connectivity index (χ4v) is 2.70. The third-order valence-electron chi connectivity index (χ3n) is 3.36. The van der Waals surface area contributed by atoms with E-state index in [0.717, 1.165) is 4.57 Å². The zero-order chi connectivity index (χ0) is 18.6. The van der Waals surface area contributed by atoms with Crippen LogP contribution in [0.3, 0.4) is 0 Å². The molecule has 1 saturated heterocycles. The second-order valence-electron chi connectivity index (χ2n) is 5.26. The molecule has 1 aliphatic rings. The molecule has 0 amide bonds. The average molecular weight is 462 g/mol. The number of H-pyrrole nitrogens is 1. The summed E-state index contributed by atoms with van der Waals surface area (Å²) in [6, 6.07) is 0. The van der Waals surface area contributed by atoms with Crippen LogP contribution in [0, 0.1) is 9.85 Å². The predicted octanol–water partition coefficient (Wildman–Crippen LogP) is 0.0629. The van der Waals surface area contributed by atoms with Gasteiger partial charge in [0.2, 0.25) is 0 Å². The Morgan fingerprint density at radius 2 is 2.12 bits per heavy atom. The van der Waals surface area contributed by atoms with Gasteiger partial charge in [-0.3, -0.25) is 23.9 Å². The summed E-state index contributed by atoms with van der Waals surface area (Å²) in [4.78, 5) is 48.3. The minimum Gasteiger partial charge on any atom is -0.463 e. The van der Waals surface area contributed by atoms with Gasteiger partial charge in [0.05, 0.1) is 6.10 Å². The van der Waals surface area contributed by atoms with Gasteiger partial charge in [-0.15, -0.1) is 0 Å². The summed E-state index contributed by atoms with van der Waals surface area (Å²) in [5.74, 6) is 1.55. The van der Waals surface area contributed by atoms with Crippen molar-refractivity contribution in [2.24, 2.45) is 0 Å². The predicted molar refractivity (Wildman–Crippen MR) is 92.9 cm³/mol. The second kappa shape index (κ2) is 8.30. The zero-order valence-electron chi connectivity index (χ0n) is 13.4. The van der Waals surface area contributed by atoms with Crippen LogP contribution in [0.4, 0.5) is 0 Å². The molecule has 1 aromatic heterocycles. The first kappa shape index (κ1) is 19.2. The van der Waals surface area contributed by atoms with E-state index in [9.17, 15) is 19.2 Å². The van der Waals surface area contributed by atoms with Crippen molar-refractivity contribution in [1.82, 2.24) is 9.55 Å². The minimum absolute atomic E-state index is 0.0396. The van der Waals surface area contributed by atoms with E-state index in [1.165, 1.54) is 20.0 Å². The van der Waals surface area contributed by atoms with Crippen LogP contribution in [-0.2, 0) is 23.8 Å². The summed E-state index contributed by atoms with van der Waals surface area (Å²) >= 11 is 1.77. The van der Waals surface area contributed by atoms with Crippen molar-refractivity contribution in [2.75, 3.05) is 6.61 Å². The highest BCUT2D eigenvalue weighted by molar-refractivity contribution is 14.1. The first-order chi connectivity index (χ1) is 11.8. The summed E-state index contributed by atoms with van der Waals surface area (Å²) in [6.45, 7) is 2.46. The first-order valence-corrected chi connectivity index (χ1v) is 8.33. The van der Waals surface area contributed by atoms with Gasteiger partial charge in [0.25, 0.3) is 5.56 Å². The van der Waals surface area contributed by atoms with Gasteiger partial charge < -0.3 is 14.2 Å². The Kier molecular flexibility index (Phi) is 6.38. The lowest BCUT2D eigenvalue weighted by Gasteiger charge is -2.20. The van der Waals surface area contributed by atoms with Crippen molar-refractivity contribution >= 4 is 34.5 Å². The van der Waals surface area contributed by atoms with E-state index in [2.05, 4.69) is 14.8 Å². The number of aromatic amines is 1. The number of aromatic nitrogens is 2. The molecule has 25 heavy (non-hydrogen) atoms. The van der Waals surface area contributed by atoms with Crippen LogP contribution in [0.25, 0.3) is 0 Å². The van der Waals surface area contributed by atoms with Crippen LogP contribution in [0.15, 0.2) is 15.8 Å². The molecule has 0 saturated carbocycles. The van der Waals surface area contributed by atoms with Crippen molar-refractivity contribution in [3.63, 3.8) is 0 Å². The number of nitrogens with one attached hydrogen (secondary N) is 1. The average Bonchev–Trinajstić information content (AvgIpc) is 2.90. The molecule has 0 aromatic carbocycles. The van der Waals surface area contributed by atoms with Crippen LogP contribution in [0.2, 0.25) is 0 Å². The van der Waals surface area contributed by atoms with E-state index in [4.69, 9.17) is 14.2 Å². The van der Waals surface area contributed by atoms with E-state index >= 15 is 0 Å². The fraction of sp³-hybridized carbons (Fsp3) is 0.467. The molecule has 1 aromatic rings. The second-order valence-corrected chi connectivity index (χ2v) is 5.80. The van der Waals surface area contributed by atoms with Crippen LogP contribution >= 0.6 is 22.6 Å². The van der Waals surface area contributed by atoms with Gasteiger partial charge in [0.15, 0.2) is 6.23 Å². The third kappa shape index (κ3) is 4.93. The third-order valence-corrected chi connectivity index (χ3v) is 3.63. The first-order valence-electron chi connectivity index (χ1n) is 7.25. The normalized spacial score (nSPS) is 22.0. The Morgan fingerprint density at radius 3 is 2.72 bits per heavy atom. The number of halogens is 1. The smallest absolute Gasteiger partial charge is 0.330 e. The molecular weight excluding hydrogens is 447 g/mol. The molecule has 9 nitrogen and oxygen atoms in total. The number of carbonyl (C=O) groups is 2. The summed E-state index contributed by atoms with van der Waals surface area (Å²) < 4.78 is 19.5. The number of hydrogen-bond acceptors (Lipinski definition) is 7. The van der Waals surface area contributed by atoms with E-state index in [1.54, 1.807) is 22.6 Å². The molecule has 0 aliphatic carbocycles. The molecule has 0 radical (unpaired) electrons. The van der Waals surface area contributed by atoms with Gasteiger partial charge in [-0.2, -0.15) is 0 Å². The quantitative estimate of drug-likeness (QED) is 0.382.